The molecule has 2 aromatic rings. The van der Waals surface area contributed by atoms with E-state index in [-0.39, 0.29) is 0 Å². The molecule has 1 atom stereocenters. The Kier molecular flexibility index (Phi) is 4.28. The number of hydrogen-bond donors (Lipinski definition) is 1. The fourth-order valence-electron chi connectivity index (χ4n) is 3.54. The molecule has 0 saturated heterocycles. The second kappa shape index (κ2) is 6.02. The second-order valence-electron chi connectivity index (χ2n) is 6.69. The van der Waals surface area contributed by atoms with Crippen LogP contribution in [0.5, 0.6) is 0 Å². The van der Waals surface area contributed by atoms with Gasteiger partial charge in [0.2, 0.25) is 0 Å². The minimum Gasteiger partial charge on any atom is -0.458 e. The molecule has 1 heterocycles. The smallest absolute Gasteiger partial charge is 0.134 e. The van der Waals surface area contributed by atoms with Crippen LogP contribution in [0.2, 0.25) is 5.02 Å². The van der Waals surface area contributed by atoms with Crippen molar-refractivity contribution in [3.63, 3.8) is 0 Å². The van der Waals surface area contributed by atoms with E-state index < -0.39 is 6.10 Å². The van der Waals surface area contributed by atoms with Crippen molar-refractivity contribution in [1.82, 2.24) is 0 Å². The Balaban J connectivity index is 1.73. The van der Waals surface area contributed by atoms with Gasteiger partial charge in [-0.2, -0.15) is 0 Å². The lowest BCUT2D eigenvalue weighted by atomic mass is 9.75. The Morgan fingerprint density at radius 3 is 2.43 bits per heavy atom. The number of halogens is 1. The van der Waals surface area contributed by atoms with Crippen LogP contribution in [-0.2, 0) is 0 Å². The third-order valence-corrected chi connectivity index (χ3v) is 5.23. The van der Waals surface area contributed by atoms with E-state index in [1.807, 2.05) is 24.3 Å². The summed E-state index contributed by atoms with van der Waals surface area (Å²) in [7, 11) is 0. The highest BCUT2D eigenvalue weighted by Crippen LogP contribution is 2.40. The van der Waals surface area contributed by atoms with E-state index in [1.165, 1.54) is 12.8 Å². The van der Waals surface area contributed by atoms with Crippen LogP contribution < -0.4 is 0 Å². The fraction of sp³-hybridized carbons (Fsp3) is 0.556. The lowest BCUT2D eigenvalue weighted by Gasteiger charge is -2.32. The zero-order chi connectivity index (χ0) is 15.0. The lowest BCUT2D eigenvalue weighted by Crippen LogP contribution is -2.22. The van der Waals surface area contributed by atoms with Crippen LogP contribution in [-0.4, -0.2) is 5.11 Å². The van der Waals surface area contributed by atoms with Gasteiger partial charge in [0.25, 0.3) is 0 Å². The van der Waals surface area contributed by atoms with Gasteiger partial charge in [-0.25, -0.2) is 0 Å². The van der Waals surface area contributed by atoms with Crippen molar-refractivity contribution in [1.29, 1.82) is 0 Å². The standard InChI is InChI=1S/C18H23ClO2/c1-11(2)12-3-5-13(6-4-12)18(20)17-10-14-9-15(19)7-8-16(14)21-17/h7-13,18,20H,3-6H2,1-2H3. The van der Waals surface area contributed by atoms with Crippen LogP contribution in [0.3, 0.4) is 0 Å². The van der Waals surface area contributed by atoms with Crippen molar-refractivity contribution in [3.05, 3.63) is 35.0 Å². The van der Waals surface area contributed by atoms with Gasteiger partial charge in [-0.05, 0) is 67.7 Å². The summed E-state index contributed by atoms with van der Waals surface area (Å²) in [5.41, 5.74) is 0.796. The molecule has 1 aromatic carbocycles. The van der Waals surface area contributed by atoms with E-state index in [2.05, 4.69) is 13.8 Å². The van der Waals surface area contributed by atoms with Crippen molar-refractivity contribution in [2.75, 3.05) is 0 Å². The van der Waals surface area contributed by atoms with Gasteiger partial charge in [0, 0.05) is 10.4 Å². The molecule has 0 radical (unpaired) electrons. The summed E-state index contributed by atoms with van der Waals surface area (Å²) >= 11 is 6.00. The molecule has 0 bridgehead atoms. The van der Waals surface area contributed by atoms with Gasteiger partial charge in [0.15, 0.2) is 0 Å². The number of benzene rings is 1. The molecule has 1 aliphatic carbocycles. The summed E-state index contributed by atoms with van der Waals surface area (Å²) in [6.45, 7) is 4.59. The van der Waals surface area contributed by atoms with Gasteiger partial charge < -0.3 is 9.52 Å². The van der Waals surface area contributed by atoms with E-state index in [1.54, 1.807) is 0 Å². The van der Waals surface area contributed by atoms with Crippen LogP contribution in [0.15, 0.2) is 28.7 Å². The topological polar surface area (TPSA) is 33.4 Å². The molecule has 1 aliphatic rings. The number of fused-ring (bicyclic) bond motifs is 1. The highest BCUT2D eigenvalue weighted by atomic mass is 35.5. The Hall–Kier alpha value is -0.990. The van der Waals surface area contributed by atoms with Crippen LogP contribution in [0.1, 0.15) is 51.4 Å². The average molecular weight is 307 g/mol. The molecule has 21 heavy (non-hydrogen) atoms. The first-order chi connectivity index (χ1) is 10.0. The van der Waals surface area contributed by atoms with Crippen LogP contribution in [0, 0.1) is 17.8 Å². The first-order valence-electron chi connectivity index (χ1n) is 7.91. The molecule has 1 fully saturated rings. The molecule has 1 aromatic heterocycles. The van der Waals surface area contributed by atoms with Gasteiger partial charge in [0.1, 0.15) is 17.4 Å². The number of aliphatic hydroxyl groups excluding tert-OH is 1. The summed E-state index contributed by atoms with van der Waals surface area (Å²) in [5, 5.41) is 12.3. The number of rotatable bonds is 3. The van der Waals surface area contributed by atoms with E-state index in [0.29, 0.717) is 16.7 Å². The average Bonchev–Trinajstić information content (AvgIpc) is 2.89. The summed E-state index contributed by atoms with van der Waals surface area (Å²) in [4.78, 5) is 0. The van der Waals surface area contributed by atoms with E-state index in [4.69, 9.17) is 16.0 Å². The van der Waals surface area contributed by atoms with Crippen molar-refractivity contribution in [2.45, 2.75) is 45.6 Å². The summed E-state index contributed by atoms with van der Waals surface area (Å²) in [6.07, 6.45) is 4.10. The molecule has 1 unspecified atom stereocenters. The van der Waals surface area contributed by atoms with E-state index in [0.717, 1.165) is 35.6 Å². The molecule has 0 amide bonds. The SMILES string of the molecule is CC(C)C1CCC(C(O)c2cc3cc(Cl)ccc3o2)CC1. The number of hydrogen-bond acceptors (Lipinski definition) is 2. The maximum Gasteiger partial charge on any atom is 0.134 e. The molecule has 2 nitrogen and oxygen atoms in total. The predicted octanol–water partition coefficient (Wildman–Crippen LogP) is 5.58. The minimum atomic E-state index is -0.496. The van der Waals surface area contributed by atoms with E-state index >= 15 is 0 Å². The second-order valence-corrected chi connectivity index (χ2v) is 7.13. The largest absolute Gasteiger partial charge is 0.458 e. The third-order valence-electron chi connectivity index (χ3n) is 4.99. The van der Waals surface area contributed by atoms with Crippen molar-refractivity contribution >= 4 is 22.6 Å². The normalized spacial score (nSPS) is 24.6. The molecule has 3 rings (SSSR count). The molecule has 0 aliphatic heterocycles. The Morgan fingerprint density at radius 2 is 1.76 bits per heavy atom. The lowest BCUT2D eigenvalue weighted by molar-refractivity contribution is 0.0515. The van der Waals surface area contributed by atoms with Gasteiger partial charge in [0.05, 0.1) is 0 Å². The first kappa shape index (κ1) is 14.9. The maximum absolute atomic E-state index is 10.6. The molecule has 114 valence electrons. The zero-order valence-corrected chi connectivity index (χ0v) is 13.4. The molecule has 1 N–H and O–H groups in total. The fourth-order valence-corrected chi connectivity index (χ4v) is 3.72. The summed E-state index contributed by atoms with van der Waals surface area (Å²) < 4.78 is 5.80. The van der Waals surface area contributed by atoms with Crippen molar-refractivity contribution in [2.24, 2.45) is 17.8 Å². The molecular weight excluding hydrogens is 284 g/mol. The Bertz CT molecular complexity index is 609. The van der Waals surface area contributed by atoms with Crippen molar-refractivity contribution < 1.29 is 9.52 Å². The van der Waals surface area contributed by atoms with Crippen LogP contribution in [0.4, 0.5) is 0 Å². The quantitative estimate of drug-likeness (QED) is 0.802. The molecular formula is C18H23ClO2. The predicted molar refractivity (Wildman–Crippen MR) is 86.5 cm³/mol. The third kappa shape index (κ3) is 3.12. The van der Waals surface area contributed by atoms with Gasteiger partial charge in [-0.15, -0.1) is 0 Å². The number of aliphatic hydroxyl groups is 1. The Morgan fingerprint density at radius 1 is 1.10 bits per heavy atom. The molecule has 1 saturated carbocycles. The number of furan rings is 1. The highest BCUT2D eigenvalue weighted by molar-refractivity contribution is 6.31. The molecule has 3 heteroatoms. The van der Waals surface area contributed by atoms with Gasteiger partial charge in [-0.1, -0.05) is 25.4 Å². The highest BCUT2D eigenvalue weighted by Gasteiger charge is 2.30. The monoisotopic (exact) mass is 306 g/mol. The first-order valence-corrected chi connectivity index (χ1v) is 8.29. The van der Waals surface area contributed by atoms with Gasteiger partial charge >= 0.3 is 0 Å². The van der Waals surface area contributed by atoms with Crippen LogP contribution in [0.25, 0.3) is 11.0 Å². The van der Waals surface area contributed by atoms with Crippen molar-refractivity contribution in [3.8, 4) is 0 Å². The van der Waals surface area contributed by atoms with E-state index in [9.17, 15) is 5.11 Å². The minimum absolute atomic E-state index is 0.316. The van der Waals surface area contributed by atoms with Gasteiger partial charge in [-0.3, -0.25) is 0 Å². The van der Waals surface area contributed by atoms with Crippen LogP contribution >= 0.6 is 11.6 Å². The Labute approximate surface area is 131 Å². The summed E-state index contributed by atoms with van der Waals surface area (Å²) in [5.74, 6) is 2.55. The molecule has 0 spiro atoms. The summed E-state index contributed by atoms with van der Waals surface area (Å²) in [6, 6.07) is 7.49. The zero-order valence-electron chi connectivity index (χ0n) is 12.7. The maximum atomic E-state index is 10.6.